The van der Waals surface area contributed by atoms with Gasteiger partial charge < -0.3 is 0 Å². The molecule has 0 spiro atoms. The van der Waals surface area contributed by atoms with Crippen molar-refractivity contribution in [2.24, 2.45) is 5.92 Å². The normalized spacial score (nSPS) is 21.1. The summed E-state index contributed by atoms with van der Waals surface area (Å²) >= 11 is 0. The van der Waals surface area contributed by atoms with E-state index in [9.17, 15) is 8.42 Å². The maximum Gasteiger partial charge on any atom is 0.264 e. The average molecular weight is 206 g/mol. The van der Waals surface area contributed by atoms with Crippen molar-refractivity contribution in [3.05, 3.63) is 0 Å². The summed E-state index contributed by atoms with van der Waals surface area (Å²) < 4.78 is 26.3. The van der Waals surface area contributed by atoms with Crippen LogP contribution in [0.5, 0.6) is 0 Å². The molecular weight excluding hydrogens is 188 g/mol. The maximum atomic E-state index is 10.7. The molecule has 1 unspecified atom stereocenters. The van der Waals surface area contributed by atoms with Crippen LogP contribution in [-0.2, 0) is 14.3 Å². The highest BCUT2D eigenvalue weighted by molar-refractivity contribution is 7.86. The van der Waals surface area contributed by atoms with Crippen molar-refractivity contribution in [3.63, 3.8) is 0 Å². The first-order chi connectivity index (χ1) is 5.97. The molecule has 0 aromatic rings. The first-order valence-corrected chi connectivity index (χ1v) is 6.67. The van der Waals surface area contributed by atoms with Gasteiger partial charge in [0.15, 0.2) is 0 Å². The molecule has 0 bridgehead atoms. The van der Waals surface area contributed by atoms with Crippen LogP contribution in [0.3, 0.4) is 0 Å². The molecule has 1 aliphatic rings. The van der Waals surface area contributed by atoms with Crippen LogP contribution in [0, 0.1) is 5.92 Å². The second kappa shape index (κ2) is 4.42. The highest BCUT2D eigenvalue weighted by Gasteiger charge is 2.19. The Morgan fingerprint density at radius 1 is 1.46 bits per heavy atom. The molecule has 13 heavy (non-hydrogen) atoms. The third kappa shape index (κ3) is 4.62. The molecule has 3 nitrogen and oxygen atoms in total. The zero-order valence-corrected chi connectivity index (χ0v) is 9.14. The minimum atomic E-state index is -3.26. The first kappa shape index (κ1) is 11.0. The molecule has 1 rings (SSSR count). The van der Waals surface area contributed by atoms with Gasteiger partial charge in [-0.25, -0.2) is 0 Å². The Labute approximate surface area is 80.6 Å². The van der Waals surface area contributed by atoms with E-state index in [1.165, 1.54) is 19.3 Å². The highest BCUT2D eigenvalue weighted by Crippen LogP contribution is 2.31. The summed E-state index contributed by atoms with van der Waals surface area (Å²) in [6.45, 7) is 1.82. The number of hydrogen-bond acceptors (Lipinski definition) is 3. The molecule has 0 aliphatic heterocycles. The van der Waals surface area contributed by atoms with Gasteiger partial charge in [-0.1, -0.05) is 19.3 Å². The quantitative estimate of drug-likeness (QED) is 0.646. The topological polar surface area (TPSA) is 43.4 Å². The minimum absolute atomic E-state index is 0.157. The molecule has 0 N–H and O–H groups in total. The Balaban J connectivity index is 2.13. The van der Waals surface area contributed by atoms with E-state index in [0.29, 0.717) is 0 Å². The molecular formula is C9H18O3S. The summed E-state index contributed by atoms with van der Waals surface area (Å²) in [7, 11) is -3.26. The monoisotopic (exact) mass is 206 g/mol. The number of rotatable bonds is 5. The molecule has 0 aromatic heterocycles. The molecule has 0 saturated heterocycles. The largest absolute Gasteiger partial charge is 0.267 e. The summed E-state index contributed by atoms with van der Waals surface area (Å²) in [5.41, 5.74) is 0. The van der Waals surface area contributed by atoms with Crippen molar-refractivity contribution < 1.29 is 12.6 Å². The molecule has 0 radical (unpaired) electrons. The van der Waals surface area contributed by atoms with Gasteiger partial charge >= 0.3 is 0 Å². The lowest BCUT2D eigenvalue weighted by molar-refractivity contribution is 0.189. The lowest BCUT2D eigenvalue weighted by atomic mass is 9.82. The van der Waals surface area contributed by atoms with Crippen LogP contribution in [0.25, 0.3) is 0 Å². The van der Waals surface area contributed by atoms with E-state index >= 15 is 0 Å². The van der Waals surface area contributed by atoms with Gasteiger partial charge in [0, 0.05) is 0 Å². The summed E-state index contributed by atoms with van der Waals surface area (Å²) in [6.07, 6.45) is 6.88. The maximum absolute atomic E-state index is 10.7. The Morgan fingerprint density at radius 3 is 2.46 bits per heavy atom. The van der Waals surface area contributed by atoms with E-state index < -0.39 is 10.1 Å². The summed E-state index contributed by atoms with van der Waals surface area (Å²) in [4.78, 5) is 0. The van der Waals surface area contributed by atoms with Crippen molar-refractivity contribution in [2.45, 2.75) is 45.1 Å². The van der Waals surface area contributed by atoms with E-state index in [1.807, 2.05) is 6.92 Å². The molecule has 0 aromatic carbocycles. The smallest absolute Gasteiger partial charge is 0.264 e. The van der Waals surface area contributed by atoms with Crippen molar-refractivity contribution >= 4 is 10.1 Å². The van der Waals surface area contributed by atoms with Crippen molar-refractivity contribution in [1.29, 1.82) is 0 Å². The van der Waals surface area contributed by atoms with Crippen LogP contribution < -0.4 is 0 Å². The second-order valence-corrected chi connectivity index (χ2v) is 5.59. The SMILES string of the molecule is CC(CCC1CCC1)OS(C)(=O)=O. The molecule has 4 heteroatoms. The van der Waals surface area contributed by atoms with Gasteiger partial charge in [0.1, 0.15) is 0 Å². The molecule has 0 heterocycles. The Bertz CT molecular complexity index is 242. The van der Waals surface area contributed by atoms with E-state index in [2.05, 4.69) is 0 Å². The van der Waals surface area contributed by atoms with Crippen molar-refractivity contribution in [2.75, 3.05) is 6.26 Å². The Hall–Kier alpha value is -0.0900. The fraction of sp³-hybridized carbons (Fsp3) is 1.00. The third-order valence-corrected chi connectivity index (χ3v) is 3.22. The molecule has 1 aliphatic carbocycles. The third-order valence-electron chi connectivity index (χ3n) is 2.55. The zero-order chi connectivity index (χ0) is 9.90. The van der Waals surface area contributed by atoms with Crippen LogP contribution in [-0.4, -0.2) is 20.8 Å². The van der Waals surface area contributed by atoms with E-state index in [1.54, 1.807) is 0 Å². The summed E-state index contributed by atoms with van der Waals surface area (Å²) in [5, 5.41) is 0. The van der Waals surface area contributed by atoms with E-state index in [4.69, 9.17) is 4.18 Å². The van der Waals surface area contributed by atoms with Gasteiger partial charge in [0.2, 0.25) is 0 Å². The van der Waals surface area contributed by atoms with Crippen LogP contribution in [0.4, 0.5) is 0 Å². The van der Waals surface area contributed by atoms with E-state index in [0.717, 1.165) is 25.0 Å². The fourth-order valence-corrected chi connectivity index (χ4v) is 2.29. The molecule has 1 atom stereocenters. The predicted octanol–water partition coefficient (Wildman–Crippen LogP) is 1.93. The van der Waals surface area contributed by atoms with Crippen LogP contribution in [0.2, 0.25) is 0 Å². The predicted molar refractivity (Wildman–Crippen MR) is 52.0 cm³/mol. The number of hydrogen-bond donors (Lipinski definition) is 0. The zero-order valence-electron chi connectivity index (χ0n) is 8.32. The van der Waals surface area contributed by atoms with E-state index in [-0.39, 0.29) is 6.10 Å². The van der Waals surface area contributed by atoms with Crippen LogP contribution >= 0.6 is 0 Å². The lowest BCUT2D eigenvalue weighted by Crippen LogP contribution is -2.17. The van der Waals surface area contributed by atoms with Crippen molar-refractivity contribution in [3.8, 4) is 0 Å². The molecule has 0 amide bonds. The highest BCUT2D eigenvalue weighted by atomic mass is 32.2. The van der Waals surface area contributed by atoms with Gasteiger partial charge in [0.25, 0.3) is 10.1 Å². The summed E-state index contributed by atoms with van der Waals surface area (Å²) in [6, 6.07) is 0. The van der Waals surface area contributed by atoms with Crippen LogP contribution in [0.1, 0.15) is 39.0 Å². The molecule has 1 saturated carbocycles. The van der Waals surface area contributed by atoms with Gasteiger partial charge in [-0.15, -0.1) is 0 Å². The average Bonchev–Trinajstić information content (AvgIpc) is 1.78. The molecule has 78 valence electrons. The standard InChI is InChI=1S/C9H18O3S/c1-8(12-13(2,10)11)6-7-9-4-3-5-9/h8-9H,3-7H2,1-2H3. The van der Waals surface area contributed by atoms with Gasteiger partial charge in [-0.2, -0.15) is 8.42 Å². The van der Waals surface area contributed by atoms with Gasteiger partial charge in [-0.05, 0) is 25.7 Å². The summed E-state index contributed by atoms with van der Waals surface area (Å²) in [5.74, 6) is 0.825. The van der Waals surface area contributed by atoms with Gasteiger partial charge in [0.05, 0.1) is 12.4 Å². The Morgan fingerprint density at radius 2 is 2.08 bits per heavy atom. The first-order valence-electron chi connectivity index (χ1n) is 4.85. The second-order valence-electron chi connectivity index (χ2n) is 3.99. The lowest BCUT2D eigenvalue weighted by Gasteiger charge is -2.26. The van der Waals surface area contributed by atoms with Crippen LogP contribution in [0.15, 0.2) is 0 Å². The van der Waals surface area contributed by atoms with Gasteiger partial charge in [-0.3, -0.25) is 4.18 Å². The fourth-order valence-electron chi connectivity index (χ4n) is 1.60. The Kier molecular flexibility index (Phi) is 3.74. The van der Waals surface area contributed by atoms with Crippen molar-refractivity contribution in [1.82, 2.24) is 0 Å². The molecule has 1 fully saturated rings. The minimum Gasteiger partial charge on any atom is -0.267 e.